The van der Waals surface area contributed by atoms with E-state index in [2.05, 4.69) is 10.6 Å². The highest BCUT2D eigenvalue weighted by Gasteiger charge is 2.21. The SMILES string of the molecule is CC(=O)N[C@H](C)[C@@H](CCCCCCCCCCCCC(=O)COCCCCCCCCC[C@@H](OC(C)=O)[C@@H](C)NC(C)=O)OC(C)=O. The first-order valence-corrected chi connectivity index (χ1v) is 18.4. The lowest BCUT2D eigenvalue weighted by Gasteiger charge is -2.24. The second kappa shape index (κ2) is 29.6. The molecule has 0 unspecified atom stereocenters. The van der Waals surface area contributed by atoms with E-state index in [1.54, 1.807) is 0 Å². The number of carbonyl (C=O) groups is 5. The van der Waals surface area contributed by atoms with E-state index in [1.165, 1.54) is 66.2 Å². The molecule has 0 aliphatic heterocycles. The van der Waals surface area contributed by atoms with E-state index in [9.17, 15) is 24.0 Å². The van der Waals surface area contributed by atoms with E-state index in [0.717, 1.165) is 83.5 Å². The molecule has 0 spiro atoms. The van der Waals surface area contributed by atoms with Crippen LogP contribution in [0.3, 0.4) is 0 Å². The Labute approximate surface area is 285 Å². The van der Waals surface area contributed by atoms with Gasteiger partial charge in [-0.25, -0.2) is 0 Å². The average molecular weight is 669 g/mol. The van der Waals surface area contributed by atoms with E-state index in [4.69, 9.17) is 14.2 Å². The fourth-order valence-electron chi connectivity index (χ4n) is 5.85. The van der Waals surface area contributed by atoms with Gasteiger partial charge in [-0.2, -0.15) is 0 Å². The maximum Gasteiger partial charge on any atom is 0.302 e. The van der Waals surface area contributed by atoms with Crippen LogP contribution in [0.1, 0.15) is 170 Å². The third-order valence-electron chi connectivity index (χ3n) is 8.35. The van der Waals surface area contributed by atoms with Crippen molar-refractivity contribution in [1.29, 1.82) is 0 Å². The molecule has 0 rings (SSSR count). The fourth-order valence-corrected chi connectivity index (χ4v) is 5.85. The third-order valence-corrected chi connectivity index (χ3v) is 8.35. The summed E-state index contributed by atoms with van der Waals surface area (Å²) in [5.41, 5.74) is 0. The van der Waals surface area contributed by atoms with Crippen molar-refractivity contribution in [2.45, 2.75) is 194 Å². The van der Waals surface area contributed by atoms with E-state index in [-0.39, 0.29) is 60.4 Å². The maximum atomic E-state index is 12.1. The molecule has 4 atom stereocenters. The minimum absolute atomic E-state index is 0.115. The summed E-state index contributed by atoms with van der Waals surface area (Å²) in [7, 11) is 0. The number of Topliss-reactive ketones (excluding diaryl/α,β-unsaturated/α-hetero) is 1. The van der Waals surface area contributed by atoms with Crippen LogP contribution in [0.4, 0.5) is 0 Å². The summed E-state index contributed by atoms with van der Waals surface area (Å²) in [6.07, 6.45) is 20.4. The number of ether oxygens (including phenoxy) is 3. The molecule has 0 radical (unpaired) electrons. The fraction of sp³-hybridized carbons (Fsp3) is 0.865. The number of esters is 2. The molecule has 47 heavy (non-hydrogen) atoms. The molecule has 10 heteroatoms. The summed E-state index contributed by atoms with van der Waals surface area (Å²) in [6, 6.07) is -0.373. The second-order valence-electron chi connectivity index (χ2n) is 13.2. The predicted octanol–water partition coefficient (Wildman–Crippen LogP) is 7.29. The molecule has 274 valence electrons. The van der Waals surface area contributed by atoms with Crippen molar-refractivity contribution in [2.75, 3.05) is 13.2 Å². The van der Waals surface area contributed by atoms with Gasteiger partial charge in [0.05, 0.1) is 12.1 Å². The van der Waals surface area contributed by atoms with Gasteiger partial charge < -0.3 is 24.8 Å². The number of amides is 2. The molecular weight excluding hydrogens is 600 g/mol. The lowest BCUT2D eigenvalue weighted by Crippen LogP contribution is -2.42. The summed E-state index contributed by atoms with van der Waals surface area (Å²) in [6.45, 7) is 10.4. The van der Waals surface area contributed by atoms with Gasteiger partial charge in [0.15, 0.2) is 5.78 Å². The molecule has 0 saturated carbocycles. The highest BCUT2D eigenvalue weighted by molar-refractivity contribution is 5.79. The number of rotatable bonds is 31. The number of ketones is 1. The zero-order valence-electron chi connectivity index (χ0n) is 30.6. The third kappa shape index (κ3) is 29.4. The van der Waals surface area contributed by atoms with Gasteiger partial charge in [0.2, 0.25) is 11.8 Å². The van der Waals surface area contributed by atoms with Gasteiger partial charge in [0.25, 0.3) is 0 Å². The molecule has 0 aromatic heterocycles. The summed E-state index contributed by atoms with van der Waals surface area (Å²) in [5.74, 6) is -0.666. The lowest BCUT2D eigenvalue weighted by atomic mass is 10.0. The van der Waals surface area contributed by atoms with Crippen LogP contribution in [0.5, 0.6) is 0 Å². The predicted molar refractivity (Wildman–Crippen MR) is 186 cm³/mol. The number of hydrogen-bond acceptors (Lipinski definition) is 8. The van der Waals surface area contributed by atoms with Gasteiger partial charge in [-0.15, -0.1) is 0 Å². The van der Waals surface area contributed by atoms with Gasteiger partial charge >= 0.3 is 11.9 Å². The highest BCUT2D eigenvalue weighted by Crippen LogP contribution is 2.16. The quantitative estimate of drug-likeness (QED) is 0.0581. The molecule has 0 aromatic carbocycles. The Hall–Kier alpha value is -2.49. The van der Waals surface area contributed by atoms with Crippen molar-refractivity contribution >= 4 is 29.5 Å². The Kier molecular flexibility index (Phi) is 28.1. The van der Waals surface area contributed by atoms with Crippen LogP contribution in [0.15, 0.2) is 0 Å². The smallest absolute Gasteiger partial charge is 0.302 e. The summed E-state index contributed by atoms with van der Waals surface area (Å²) in [5, 5.41) is 5.64. The van der Waals surface area contributed by atoms with Crippen LogP contribution in [0, 0.1) is 0 Å². The van der Waals surface area contributed by atoms with Crippen LogP contribution < -0.4 is 10.6 Å². The molecule has 0 aromatic rings. The molecule has 10 nitrogen and oxygen atoms in total. The van der Waals surface area contributed by atoms with Crippen molar-refractivity contribution in [3.8, 4) is 0 Å². The van der Waals surface area contributed by atoms with Crippen molar-refractivity contribution < 1.29 is 38.2 Å². The van der Waals surface area contributed by atoms with Crippen molar-refractivity contribution in [1.82, 2.24) is 10.6 Å². The first-order valence-electron chi connectivity index (χ1n) is 18.4. The van der Waals surface area contributed by atoms with Crippen LogP contribution in [0.25, 0.3) is 0 Å². The molecular formula is C37H68N2O8. The van der Waals surface area contributed by atoms with Crippen molar-refractivity contribution in [3.05, 3.63) is 0 Å². The van der Waals surface area contributed by atoms with Gasteiger partial charge in [0.1, 0.15) is 18.8 Å². The largest absolute Gasteiger partial charge is 0.460 e. The summed E-state index contributed by atoms with van der Waals surface area (Å²) in [4.78, 5) is 57.5. The molecule has 2 amide bonds. The Balaban J connectivity index is 3.60. The molecule has 0 fully saturated rings. The Morgan fingerprint density at radius 1 is 0.489 bits per heavy atom. The zero-order chi connectivity index (χ0) is 35.3. The highest BCUT2D eigenvalue weighted by atomic mass is 16.5. The molecule has 0 bridgehead atoms. The van der Waals surface area contributed by atoms with E-state index in [0.29, 0.717) is 13.0 Å². The summed E-state index contributed by atoms with van der Waals surface area (Å²) >= 11 is 0. The van der Waals surface area contributed by atoms with Crippen LogP contribution in [0.2, 0.25) is 0 Å². The Morgan fingerprint density at radius 2 is 0.830 bits per heavy atom. The first-order chi connectivity index (χ1) is 22.4. The number of nitrogens with one attached hydrogen (secondary N) is 2. The van der Waals surface area contributed by atoms with E-state index >= 15 is 0 Å². The molecule has 2 N–H and O–H groups in total. The monoisotopic (exact) mass is 668 g/mol. The van der Waals surface area contributed by atoms with Crippen LogP contribution in [-0.4, -0.2) is 67.0 Å². The summed E-state index contributed by atoms with van der Waals surface area (Å²) < 4.78 is 16.4. The topological polar surface area (TPSA) is 137 Å². The van der Waals surface area contributed by atoms with Crippen LogP contribution in [-0.2, 0) is 38.2 Å². The zero-order valence-corrected chi connectivity index (χ0v) is 30.6. The number of hydrogen-bond donors (Lipinski definition) is 2. The van der Waals surface area contributed by atoms with Gasteiger partial charge in [-0.05, 0) is 52.4 Å². The Bertz CT molecular complexity index is 865. The molecule has 0 aliphatic carbocycles. The van der Waals surface area contributed by atoms with Crippen molar-refractivity contribution in [3.63, 3.8) is 0 Å². The van der Waals surface area contributed by atoms with Crippen molar-refractivity contribution in [2.24, 2.45) is 0 Å². The molecule has 0 saturated heterocycles. The van der Waals surface area contributed by atoms with Gasteiger partial charge in [0, 0.05) is 40.7 Å². The first kappa shape index (κ1) is 44.5. The molecule has 0 aliphatic rings. The van der Waals surface area contributed by atoms with E-state index in [1.807, 2.05) is 13.8 Å². The number of unbranched alkanes of at least 4 members (excludes halogenated alkanes) is 15. The standard InChI is InChI=1S/C37H68N2O8/c1-29(38-31(3)40)36(46-33(5)42)25-21-17-13-10-8-7-9-12-16-20-24-35(44)28-45-27-23-19-15-11-14-18-22-26-37(47-34(6)43)30(2)39-32(4)41/h29-30,36-37H,7-28H2,1-6H3,(H,38,40)(H,39,41)/t29-,30-,36-,37-/m1/s1. The van der Waals surface area contributed by atoms with E-state index < -0.39 is 0 Å². The van der Waals surface area contributed by atoms with Gasteiger partial charge in [-0.1, -0.05) is 83.5 Å². The maximum absolute atomic E-state index is 12.1. The average Bonchev–Trinajstić information content (AvgIpc) is 2.98. The van der Waals surface area contributed by atoms with Gasteiger partial charge in [-0.3, -0.25) is 24.0 Å². The second-order valence-corrected chi connectivity index (χ2v) is 13.2. The number of carbonyl (C=O) groups excluding carboxylic acids is 5. The Morgan fingerprint density at radius 3 is 1.19 bits per heavy atom. The normalized spacial score (nSPS) is 13.7. The molecule has 0 heterocycles. The lowest BCUT2D eigenvalue weighted by molar-refractivity contribution is -0.149. The van der Waals surface area contributed by atoms with Crippen LogP contribution >= 0.6 is 0 Å². The minimum atomic E-state index is -0.319. The minimum Gasteiger partial charge on any atom is -0.460 e.